The van der Waals surface area contributed by atoms with Crippen LogP contribution in [0, 0.1) is 0 Å². The summed E-state index contributed by atoms with van der Waals surface area (Å²) in [5.74, 6) is -1.44. The third kappa shape index (κ3) is 39.8. The molecule has 0 rings (SSSR count). The number of aliphatic carboxylic acids is 1. The molecular weight excluding hydrogens is 727 g/mol. The summed E-state index contributed by atoms with van der Waals surface area (Å²) in [6.45, 7) is 4.77. The molecule has 58 heavy (non-hydrogen) atoms. The Morgan fingerprint density at radius 3 is 1.07 bits per heavy atom. The molecule has 0 radical (unpaired) electrons. The van der Waals surface area contributed by atoms with Gasteiger partial charge in [0.15, 0.2) is 12.1 Å². The number of unbranched alkanes of at least 4 members (excludes halogenated alkanes) is 32. The van der Waals surface area contributed by atoms with Gasteiger partial charge in [-0.1, -0.05) is 219 Å². The summed E-state index contributed by atoms with van der Waals surface area (Å²) >= 11 is 0. The van der Waals surface area contributed by atoms with Crippen LogP contribution < -0.4 is 0 Å². The third-order valence-electron chi connectivity index (χ3n) is 11.8. The Balaban J connectivity index is 4.08. The molecule has 0 spiro atoms. The summed E-state index contributed by atoms with van der Waals surface area (Å²) in [6.07, 6.45) is 44.5. The predicted molar refractivity (Wildman–Crippen MR) is 243 cm³/mol. The van der Waals surface area contributed by atoms with Crippen LogP contribution >= 0.6 is 0 Å². The fourth-order valence-electron chi connectivity index (χ4n) is 7.86. The number of carboxylic acid groups (broad SMARTS) is 1. The fourth-order valence-corrected chi connectivity index (χ4v) is 7.86. The number of hydrogen-bond donors (Lipinski definition) is 1. The van der Waals surface area contributed by atoms with E-state index in [0.717, 1.165) is 38.5 Å². The number of quaternary nitrogens is 1. The van der Waals surface area contributed by atoms with E-state index in [1.54, 1.807) is 0 Å². The monoisotopic (exact) mass is 825 g/mol. The van der Waals surface area contributed by atoms with Gasteiger partial charge in [0.25, 0.3) is 0 Å². The average molecular weight is 825 g/mol. The Bertz CT molecular complexity index is 920. The van der Waals surface area contributed by atoms with E-state index in [9.17, 15) is 19.5 Å². The number of carbonyl (C=O) groups excluding carboxylic acids is 2. The maximum atomic E-state index is 12.8. The van der Waals surface area contributed by atoms with E-state index in [1.165, 1.54) is 180 Å². The minimum absolute atomic E-state index is 0.0422. The highest BCUT2D eigenvalue weighted by Gasteiger charge is 2.31. The van der Waals surface area contributed by atoms with Gasteiger partial charge in [0, 0.05) is 19.3 Å². The summed E-state index contributed by atoms with van der Waals surface area (Å²) in [5, 5.41) is 9.63. The standard InChI is InChI=1S/C50H97NO7/c1-6-8-10-12-14-16-18-19-20-21-22-23-24-25-26-27-28-29-30-31-33-35-37-39-41-49(53)58-46(44-56-43-42-47(50(54)55)51(3,4)5)45-57-48(52)40-38-36-34-32-17-15-13-11-9-7-2/h46-47H,6-45H2,1-5H3/p+1. The summed E-state index contributed by atoms with van der Waals surface area (Å²) in [6, 6.07) is -0.608. The largest absolute Gasteiger partial charge is 0.477 e. The van der Waals surface area contributed by atoms with Crippen molar-refractivity contribution in [3.8, 4) is 0 Å². The van der Waals surface area contributed by atoms with Crippen molar-refractivity contribution < 1.29 is 38.2 Å². The summed E-state index contributed by atoms with van der Waals surface area (Å²) in [5.41, 5.74) is 0. The van der Waals surface area contributed by atoms with E-state index < -0.39 is 18.1 Å². The van der Waals surface area contributed by atoms with Crippen LogP contribution in [-0.4, -0.2) is 80.6 Å². The first-order valence-electron chi connectivity index (χ1n) is 25.1. The van der Waals surface area contributed by atoms with Gasteiger partial charge in [-0.05, 0) is 12.8 Å². The molecule has 2 unspecified atom stereocenters. The van der Waals surface area contributed by atoms with Crippen molar-refractivity contribution in [3.05, 3.63) is 0 Å². The first kappa shape index (κ1) is 56.3. The predicted octanol–water partition coefficient (Wildman–Crippen LogP) is 14.1. The second-order valence-corrected chi connectivity index (χ2v) is 18.4. The van der Waals surface area contributed by atoms with Crippen molar-refractivity contribution in [2.45, 2.75) is 264 Å². The first-order valence-corrected chi connectivity index (χ1v) is 25.1. The molecule has 0 aliphatic heterocycles. The van der Waals surface area contributed by atoms with E-state index >= 15 is 0 Å². The van der Waals surface area contributed by atoms with Crippen LogP contribution in [-0.2, 0) is 28.6 Å². The van der Waals surface area contributed by atoms with Gasteiger partial charge in [0.05, 0.1) is 34.4 Å². The minimum atomic E-state index is -0.870. The molecule has 0 aliphatic carbocycles. The lowest BCUT2D eigenvalue weighted by molar-refractivity contribution is -0.887. The van der Waals surface area contributed by atoms with E-state index in [-0.39, 0.29) is 36.2 Å². The second-order valence-electron chi connectivity index (χ2n) is 18.4. The summed E-state index contributed by atoms with van der Waals surface area (Å²) in [7, 11) is 5.54. The number of esters is 2. The molecule has 0 bridgehead atoms. The van der Waals surface area contributed by atoms with Gasteiger partial charge in [-0.25, -0.2) is 4.79 Å². The molecule has 0 heterocycles. The van der Waals surface area contributed by atoms with Crippen LogP contribution in [0.3, 0.4) is 0 Å². The van der Waals surface area contributed by atoms with E-state index in [2.05, 4.69) is 13.8 Å². The molecule has 0 saturated carbocycles. The lowest BCUT2D eigenvalue weighted by Crippen LogP contribution is -2.50. The molecular formula is C50H98NO7+. The number of nitrogens with zero attached hydrogens (tertiary/aromatic N) is 1. The molecule has 0 amide bonds. The maximum Gasteiger partial charge on any atom is 0.362 e. The molecule has 0 saturated heterocycles. The molecule has 0 aromatic heterocycles. The molecule has 0 aromatic carbocycles. The Hall–Kier alpha value is -1.67. The Morgan fingerprint density at radius 1 is 0.448 bits per heavy atom. The number of carboxylic acids is 1. The second kappa shape index (κ2) is 42.0. The van der Waals surface area contributed by atoms with Gasteiger partial charge in [-0.15, -0.1) is 0 Å². The maximum absolute atomic E-state index is 12.8. The topological polar surface area (TPSA) is 99.1 Å². The highest BCUT2D eigenvalue weighted by Crippen LogP contribution is 2.17. The van der Waals surface area contributed by atoms with Gasteiger partial charge < -0.3 is 23.8 Å². The van der Waals surface area contributed by atoms with Crippen molar-refractivity contribution in [2.24, 2.45) is 0 Å². The zero-order valence-electron chi connectivity index (χ0n) is 39.3. The molecule has 8 nitrogen and oxygen atoms in total. The Kier molecular flexibility index (Phi) is 40.8. The van der Waals surface area contributed by atoms with Crippen molar-refractivity contribution in [1.82, 2.24) is 0 Å². The molecule has 0 aliphatic rings. The Labute approximate surface area is 359 Å². The van der Waals surface area contributed by atoms with Gasteiger partial charge in [-0.3, -0.25) is 9.59 Å². The number of likely N-dealkylation sites (N-methyl/N-ethyl adjacent to an activating group) is 1. The molecule has 8 heteroatoms. The first-order chi connectivity index (χ1) is 28.1. The SMILES string of the molecule is CCCCCCCCCCCCCCCCCCCCCCCCCCC(=O)OC(COCCC(C(=O)O)[N+](C)(C)C)COC(=O)CCCCCCCCCCCC. The van der Waals surface area contributed by atoms with Crippen LogP contribution in [0.2, 0.25) is 0 Å². The zero-order chi connectivity index (χ0) is 42.8. The fraction of sp³-hybridized carbons (Fsp3) is 0.940. The molecule has 1 N–H and O–H groups in total. The van der Waals surface area contributed by atoms with Crippen LogP contribution in [0.15, 0.2) is 0 Å². The van der Waals surface area contributed by atoms with Crippen molar-refractivity contribution in [3.63, 3.8) is 0 Å². The van der Waals surface area contributed by atoms with Gasteiger partial charge in [0.1, 0.15) is 6.61 Å². The molecule has 0 aromatic rings. The molecule has 2 atom stereocenters. The quantitative estimate of drug-likeness (QED) is 0.0371. The highest BCUT2D eigenvalue weighted by atomic mass is 16.6. The van der Waals surface area contributed by atoms with Crippen LogP contribution in [0.4, 0.5) is 0 Å². The highest BCUT2D eigenvalue weighted by molar-refractivity contribution is 5.72. The number of ether oxygens (including phenoxy) is 3. The van der Waals surface area contributed by atoms with Gasteiger partial charge in [-0.2, -0.15) is 0 Å². The zero-order valence-corrected chi connectivity index (χ0v) is 39.3. The lowest BCUT2D eigenvalue weighted by Gasteiger charge is -2.31. The van der Waals surface area contributed by atoms with Gasteiger partial charge >= 0.3 is 17.9 Å². The third-order valence-corrected chi connectivity index (χ3v) is 11.8. The van der Waals surface area contributed by atoms with Crippen molar-refractivity contribution in [2.75, 3.05) is 41.0 Å². The van der Waals surface area contributed by atoms with Crippen molar-refractivity contribution in [1.29, 1.82) is 0 Å². The van der Waals surface area contributed by atoms with Crippen LogP contribution in [0.25, 0.3) is 0 Å². The normalized spacial score (nSPS) is 12.8. The van der Waals surface area contributed by atoms with Crippen LogP contribution in [0.1, 0.15) is 251 Å². The molecule has 0 fully saturated rings. The number of rotatable bonds is 46. The average Bonchev–Trinajstić information content (AvgIpc) is 3.18. The number of carbonyl (C=O) groups is 3. The smallest absolute Gasteiger partial charge is 0.362 e. The lowest BCUT2D eigenvalue weighted by atomic mass is 10.0. The van der Waals surface area contributed by atoms with Gasteiger partial charge in [0.2, 0.25) is 0 Å². The summed E-state index contributed by atoms with van der Waals surface area (Å²) < 4.78 is 17.3. The van der Waals surface area contributed by atoms with E-state index in [4.69, 9.17) is 14.2 Å². The van der Waals surface area contributed by atoms with Crippen LogP contribution in [0.5, 0.6) is 0 Å². The Morgan fingerprint density at radius 2 is 0.759 bits per heavy atom. The number of hydrogen-bond acceptors (Lipinski definition) is 6. The minimum Gasteiger partial charge on any atom is -0.477 e. The van der Waals surface area contributed by atoms with Crippen molar-refractivity contribution >= 4 is 17.9 Å². The van der Waals surface area contributed by atoms with E-state index in [0.29, 0.717) is 19.3 Å². The summed E-state index contributed by atoms with van der Waals surface area (Å²) in [4.78, 5) is 37.0. The molecule has 344 valence electrons. The van der Waals surface area contributed by atoms with E-state index in [1.807, 2.05) is 21.1 Å².